The number of likely N-dealkylation sites (tertiary alicyclic amines) is 1. The Morgan fingerprint density at radius 1 is 0.939 bits per heavy atom. The maximum Gasteiger partial charge on any atom is 0.253 e. The van der Waals surface area contributed by atoms with Gasteiger partial charge in [-0.3, -0.25) is 4.79 Å². The lowest BCUT2D eigenvalue weighted by atomic mass is 10.0. The average molecular weight is 441 g/mol. The van der Waals surface area contributed by atoms with Crippen molar-refractivity contribution in [3.8, 4) is 22.6 Å². The van der Waals surface area contributed by atoms with Gasteiger partial charge < -0.3 is 14.4 Å². The van der Waals surface area contributed by atoms with E-state index >= 15 is 0 Å². The first kappa shape index (κ1) is 20.8. The molecule has 33 heavy (non-hydrogen) atoms. The molecule has 1 fully saturated rings. The monoisotopic (exact) mass is 440 g/mol. The van der Waals surface area contributed by atoms with E-state index in [-0.39, 0.29) is 11.9 Å². The zero-order chi connectivity index (χ0) is 22.6. The molecule has 7 heteroatoms. The minimum Gasteiger partial charge on any atom is -0.497 e. The van der Waals surface area contributed by atoms with Gasteiger partial charge in [0.2, 0.25) is 0 Å². The summed E-state index contributed by atoms with van der Waals surface area (Å²) >= 11 is 0. The number of hydrogen-bond donors (Lipinski definition) is 0. The van der Waals surface area contributed by atoms with Gasteiger partial charge in [0.05, 0.1) is 19.3 Å². The summed E-state index contributed by atoms with van der Waals surface area (Å²) in [5.41, 5.74) is 3.53. The van der Waals surface area contributed by atoms with E-state index in [0.29, 0.717) is 25.3 Å². The van der Waals surface area contributed by atoms with Gasteiger partial charge in [-0.25, -0.2) is 4.68 Å². The van der Waals surface area contributed by atoms with E-state index in [4.69, 9.17) is 9.47 Å². The van der Waals surface area contributed by atoms with Crippen molar-refractivity contribution in [3.05, 3.63) is 96.3 Å². The van der Waals surface area contributed by atoms with E-state index in [0.717, 1.165) is 28.3 Å². The topological polar surface area (TPSA) is 69.5 Å². The van der Waals surface area contributed by atoms with Crippen molar-refractivity contribution in [2.24, 2.45) is 0 Å². The van der Waals surface area contributed by atoms with Gasteiger partial charge in [-0.2, -0.15) is 0 Å². The molecule has 0 radical (unpaired) electrons. The number of benzene rings is 3. The Morgan fingerprint density at radius 2 is 1.70 bits per heavy atom. The third kappa shape index (κ3) is 4.57. The van der Waals surface area contributed by atoms with Gasteiger partial charge in [0.25, 0.3) is 5.91 Å². The van der Waals surface area contributed by atoms with Crippen LogP contribution < -0.4 is 9.47 Å². The fourth-order valence-electron chi connectivity index (χ4n) is 3.81. The van der Waals surface area contributed by atoms with Crippen molar-refractivity contribution >= 4 is 5.91 Å². The number of carbonyl (C=O) groups excluding carboxylic acids is 1. The summed E-state index contributed by atoms with van der Waals surface area (Å²) < 4.78 is 12.8. The second-order valence-electron chi connectivity index (χ2n) is 7.96. The van der Waals surface area contributed by atoms with Crippen molar-refractivity contribution in [3.63, 3.8) is 0 Å². The SMILES string of the molecule is COc1cccc(-c2ccc(C(=O)N3CC(n4cc(COc5ccccc5)nn4)C3)cc2)c1. The molecule has 0 N–H and O–H groups in total. The van der Waals surface area contributed by atoms with Gasteiger partial charge in [0.15, 0.2) is 0 Å². The Balaban J connectivity index is 1.16. The summed E-state index contributed by atoms with van der Waals surface area (Å²) in [6.45, 7) is 1.58. The molecule has 2 heterocycles. The molecule has 1 amide bonds. The standard InChI is InChI=1S/C26H24N4O3/c1-32-25-9-5-6-21(14-25)19-10-12-20(13-11-19)26(31)29-16-23(17-29)30-15-22(27-28-30)18-33-24-7-3-2-4-8-24/h2-15,23H,16-18H2,1H3. The number of methoxy groups -OCH3 is 1. The molecule has 1 saturated heterocycles. The summed E-state index contributed by atoms with van der Waals surface area (Å²) in [5, 5.41) is 8.40. The molecule has 1 aliphatic rings. The quantitative estimate of drug-likeness (QED) is 0.430. The number of hydrogen-bond acceptors (Lipinski definition) is 5. The number of amides is 1. The molecule has 4 aromatic rings. The number of para-hydroxylation sites is 1. The predicted molar refractivity (Wildman–Crippen MR) is 124 cm³/mol. The summed E-state index contributed by atoms with van der Waals surface area (Å²) in [7, 11) is 1.65. The summed E-state index contributed by atoms with van der Waals surface area (Å²) in [6.07, 6.45) is 1.89. The zero-order valence-corrected chi connectivity index (χ0v) is 18.3. The number of ether oxygens (including phenoxy) is 2. The first-order valence-electron chi connectivity index (χ1n) is 10.8. The highest BCUT2D eigenvalue weighted by atomic mass is 16.5. The van der Waals surface area contributed by atoms with Crippen molar-refractivity contribution < 1.29 is 14.3 Å². The molecule has 1 aliphatic heterocycles. The normalized spacial score (nSPS) is 13.4. The van der Waals surface area contributed by atoms with Crippen molar-refractivity contribution in [1.82, 2.24) is 19.9 Å². The molecular formula is C26H24N4O3. The molecule has 7 nitrogen and oxygen atoms in total. The van der Waals surface area contributed by atoms with E-state index < -0.39 is 0 Å². The van der Waals surface area contributed by atoms with Crippen LogP contribution in [0, 0.1) is 0 Å². The number of carbonyl (C=O) groups is 1. The second kappa shape index (κ2) is 9.16. The fraction of sp³-hybridized carbons (Fsp3) is 0.192. The van der Waals surface area contributed by atoms with Crippen molar-refractivity contribution in [1.29, 1.82) is 0 Å². The van der Waals surface area contributed by atoms with Crippen LogP contribution in [0.5, 0.6) is 11.5 Å². The highest BCUT2D eigenvalue weighted by molar-refractivity contribution is 5.95. The lowest BCUT2D eigenvalue weighted by molar-refractivity contribution is 0.0498. The largest absolute Gasteiger partial charge is 0.497 e. The maximum atomic E-state index is 12.9. The summed E-state index contributed by atoms with van der Waals surface area (Å²) in [4.78, 5) is 14.7. The molecule has 166 valence electrons. The third-order valence-corrected chi connectivity index (χ3v) is 5.75. The van der Waals surface area contributed by atoms with Crippen molar-refractivity contribution in [2.45, 2.75) is 12.6 Å². The number of rotatable bonds is 7. The molecule has 5 rings (SSSR count). The van der Waals surface area contributed by atoms with Gasteiger partial charge in [0, 0.05) is 18.7 Å². The van der Waals surface area contributed by atoms with Crippen LogP contribution in [0.2, 0.25) is 0 Å². The Labute approximate surface area is 192 Å². The van der Waals surface area contributed by atoms with Crippen LogP contribution in [0.25, 0.3) is 11.1 Å². The van der Waals surface area contributed by atoms with E-state index in [1.807, 2.05) is 94.6 Å². The Bertz CT molecular complexity index is 1230. The smallest absolute Gasteiger partial charge is 0.253 e. The van der Waals surface area contributed by atoms with Crippen molar-refractivity contribution in [2.75, 3.05) is 20.2 Å². The highest BCUT2D eigenvalue weighted by Crippen LogP contribution is 2.26. The minimum atomic E-state index is 0.0243. The molecule has 3 aromatic carbocycles. The number of aromatic nitrogens is 3. The van der Waals surface area contributed by atoms with Gasteiger partial charge in [0.1, 0.15) is 23.8 Å². The molecular weight excluding hydrogens is 416 g/mol. The van der Waals surface area contributed by atoms with Crippen LogP contribution >= 0.6 is 0 Å². The van der Waals surface area contributed by atoms with E-state index in [9.17, 15) is 4.79 Å². The molecule has 0 aliphatic carbocycles. The van der Waals surface area contributed by atoms with Crippen LogP contribution in [-0.2, 0) is 6.61 Å². The van der Waals surface area contributed by atoms with E-state index in [1.165, 1.54) is 0 Å². The molecule has 0 bridgehead atoms. The van der Waals surface area contributed by atoms with Crippen LogP contribution in [0.15, 0.2) is 85.1 Å². The third-order valence-electron chi connectivity index (χ3n) is 5.75. The van der Waals surface area contributed by atoms with Crippen LogP contribution in [0.4, 0.5) is 0 Å². The van der Waals surface area contributed by atoms with Crippen LogP contribution in [-0.4, -0.2) is 46.0 Å². The minimum absolute atomic E-state index is 0.0243. The Hall–Kier alpha value is -4.13. The summed E-state index contributed by atoms with van der Waals surface area (Å²) in [5.74, 6) is 1.63. The molecule has 0 atom stereocenters. The number of nitrogens with zero attached hydrogens (tertiary/aromatic N) is 4. The van der Waals surface area contributed by atoms with Gasteiger partial charge >= 0.3 is 0 Å². The molecule has 1 aromatic heterocycles. The highest BCUT2D eigenvalue weighted by Gasteiger charge is 2.33. The maximum absolute atomic E-state index is 12.9. The summed E-state index contributed by atoms with van der Waals surface area (Å²) in [6, 6.07) is 25.3. The first-order chi connectivity index (χ1) is 16.2. The lowest BCUT2D eigenvalue weighted by Crippen LogP contribution is -2.50. The molecule has 0 unspecified atom stereocenters. The average Bonchev–Trinajstić information content (AvgIpc) is 3.31. The fourth-order valence-corrected chi connectivity index (χ4v) is 3.81. The van der Waals surface area contributed by atoms with Crippen LogP contribution in [0.3, 0.4) is 0 Å². The molecule has 0 spiro atoms. The van der Waals surface area contributed by atoms with E-state index in [1.54, 1.807) is 7.11 Å². The van der Waals surface area contributed by atoms with Gasteiger partial charge in [-0.15, -0.1) is 5.10 Å². The first-order valence-corrected chi connectivity index (χ1v) is 10.8. The van der Waals surface area contributed by atoms with Crippen LogP contribution in [0.1, 0.15) is 22.1 Å². The molecule has 0 saturated carbocycles. The second-order valence-corrected chi connectivity index (χ2v) is 7.96. The zero-order valence-electron chi connectivity index (χ0n) is 18.3. The lowest BCUT2D eigenvalue weighted by Gasteiger charge is -2.38. The van der Waals surface area contributed by atoms with Gasteiger partial charge in [-0.1, -0.05) is 47.7 Å². The Morgan fingerprint density at radius 3 is 2.45 bits per heavy atom. The Kier molecular flexibility index (Phi) is 5.76. The van der Waals surface area contributed by atoms with Gasteiger partial charge in [-0.05, 0) is 47.5 Å². The predicted octanol–water partition coefficient (Wildman–Crippen LogP) is 4.23. The van der Waals surface area contributed by atoms with E-state index in [2.05, 4.69) is 10.3 Å².